The molecule has 1 aromatic rings. The van der Waals surface area contributed by atoms with Crippen LogP contribution in [0.2, 0.25) is 0 Å². The lowest BCUT2D eigenvalue weighted by atomic mass is 10.1. The van der Waals surface area contributed by atoms with E-state index in [0.717, 1.165) is 5.69 Å². The van der Waals surface area contributed by atoms with Crippen LogP contribution in [-0.2, 0) is 0 Å². The number of ether oxygens (including phenoxy) is 1. The highest BCUT2D eigenvalue weighted by atomic mass is 16.5. The van der Waals surface area contributed by atoms with Gasteiger partial charge in [-0.2, -0.15) is 0 Å². The predicted molar refractivity (Wildman–Crippen MR) is 67.0 cm³/mol. The van der Waals surface area contributed by atoms with Gasteiger partial charge in [-0.1, -0.05) is 6.07 Å². The molecular formula is C12H20N2O2. The Kier molecular flexibility index (Phi) is 3.65. The normalized spacial score (nSPS) is 11.3. The zero-order chi connectivity index (χ0) is 12.3. The number of nitrogens with zero attached hydrogens (tertiary/aromatic N) is 1. The van der Waals surface area contributed by atoms with E-state index in [4.69, 9.17) is 10.5 Å². The van der Waals surface area contributed by atoms with E-state index < -0.39 is 5.60 Å². The van der Waals surface area contributed by atoms with Gasteiger partial charge in [-0.15, -0.1) is 0 Å². The van der Waals surface area contributed by atoms with Gasteiger partial charge in [-0.3, -0.25) is 0 Å². The molecular weight excluding hydrogens is 204 g/mol. The lowest BCUT2D eigenvalue weighted by Crippen LogP contribution is -2.36. The highest BCUT2D eigenvalue weighted by Crippen LogP contribution is 2.31. The van der Waals surface area contributed by atoms with Crippen LogP contribution in [0.25, 0.3) is 0 Å². The molecule has 1 rings (SSSR count). The van der Waals surface area contributed by atoms with Crippen molar-refractivity contribution >= 4 is 11.4 Å². The molecule has 0 amide bonds. The van der Waals surface area contributed by atoms with Crippen LogP contribution in [0, 0.1) is 0 Å². The van der Waals surface area contributed by atoms with Gasteiger partial charge in [-0.05, 0) is 26.0 Å². The van der Waals surface area contributed by atoms with Gasteiger partial charge < -0.3 is 20.5 Å². The van der Waals surface area contributed by atoms with Crippen molar-refractivity contribution in [2.24, 2.45) is 0 Å². The van der Waals surface area contributed by atoms with Crippen molar-refractivity contribution in [3.8, 4) is 5.75 Å². The summed E-state index contributed by atoms with van der Waals surface area (Å²) in [6.45, 7) is 4.03. The third kappa shape index (κ3) is 3.03. The summed E-state index contributed by atoms with van der Waals surface area (Å²) in [4.78, 5) is 1.91. The molecule has 16 heavy (non-hydrogen) atoms. The summed E-state index contributed by atoms with van der Waals surface area (Å²) in [5, 5.41) is 9.75. The van der Waals surface area contributed by atoms with E-state index in [1.165, 1.54) is 0 Å². The quantitative estimate of drug-likeness (QED) is 0.761. The molecule has 0 radical (unpaired) electrons. The first kappa shape index (κ1) is 12.6. The van der Waals surface area contributed by atoms with Crippen LogP contribution < -0.4 is 15.4 Å². The molecule has 0 unspecified atom stereocenters. The van der Waals surface area contributed by atoms with Gasteiger partial charge >= 0.3 is 0 Å². The molecule has 90 valence electrons. The fraction of sp³-hybridized carbons (Fsp3) is 0.500. The third-order valence-corrected chi connectivity index (χ3v) is 2.30. The first-order valence-electron chi connectivity index (χ1n) is 5.21. The number of nitrogen functional groups attached to an aromatic ring is 1. The predicted octanol–water partition coefficient (Wildman–Crippen LogP) is 1.48. The van der Waals surface area contributed by atoms with E-state index in [2.05, 4.69) is 0 Å². The Morgan fingerprint density at radius 3 is 2.56 bits per heavy atom. The molecule has 0 aliphatic carbocycles. The molecule has 0 atom stereocenters. The molecule has 0 spiro atoms. The number of nitrogens with two attached hydrogens (primary N) is 1. The minimum atomic E-state index is -0.760. The van der Waals surface area contributed by atoms with Crippen LogP contribution in [0.15, 0.2) is 18.2 Å². The first-order valence-corrected chi connectivity index (χ1v) is 5.21. The SMILES string of the molecule is COc1cccc(N(C)CC(C)(C)O)c1N. The third-order valence-electron chi connectivity index (χ3n) is 2.30. The number of benzene rings is 1. The van der Waals surface area contributed by atoms with E-state index >= 15 is 0 Å². The van der Waals surface area contributed by atoms with Crippen LogP contribution in [0.1, 0.15) is 13.8 Å². The fourth-order valence-corrected chi connectivity index (χ4v) is 1.71. The minimum absolute atomic E-state index is 0.504. The molecule has 0 aromatic heterocycles. The highest BCUT2D eigenvalue weighted by molar-refractivity contribution is 5.73. The maximum atomic E-state index is 9.75. The first-order chi connectivity index (χ1) is 7.35. The standard InChI is InChI=1S/C12H20N2O2/c1-12(2,15)8-14(3)9-6-5-7-10(16-4)11(9)13/h5-7,15H,8,13H2,1-4H3. The molecule has 1 aromatic carbocycles. The Hall–Kier alpha value is -1.42. The lowest BCUT2D eigenvalue weighted by Gasteiger charge is -2.28. The molecule has 4 heteroatoms. The van der Waals surface area contributed by atoms with E-state index in [-0.39, 0.29) is 0 Å². The summed E-state index contributed by atoms with van der Waals surface area (Å²) >= 11 is 0. The summed E-state index contributed by atoms with van der Waals surface area (Å²) in [6, 6.07) is 5.60. The largest absolute Gasteiger partial charge is 0.495 e. The van der Waals surface area contributed by atoms with E-state index in [0.29, 0.717) is 18.0 Å². The monoisotopic (exact) mass is 224 g/mol. The van der Waals surface area contributed by atoms with E-state index in [1.54, 1.807) is 21.0 Å². The molecule has 4 nitrogen and oxygen atoms in total. The maximum absolute atomic E-state index is 9.75. The topological polar surface area (TPSA) is 58.7 Å². The van der Waals surface area contributed by atoms with Crippen molar-refractivity contribution < 1.29 is 9.84 Å². The van der Waals surface area contributed by atoms with Crippen LogP contribution in [0.4, 0.5) is 11.4 Å². The molecule has 0 heterocycles. The summed E-state index contributed by atoms with van der Waals surface area (Å²) in [6.07, 6.45) is 0. The minimum Gasteiger partial charge on any atom is -0.495 e. The molecule has 0 bridgehead atoms. The smallest absolute Gasteiger partial charge is 0.143 e. The van der Waals surface area contributed by atoms with Crippen molar-refractivity contribution in [1.29, 1.82) is 0 Å². The van der Waals surface area contributed by atoms with Crippen molar-refractivity contribution in [2.45, 2.75) is 19.4 Å². The number of methoxy groups -OCH3 is 1. The lowest BCUT2D eigenvalue weighted by molar-refractivity contribution is 0.0886. The van der Waals surface area contributed by atoms with Gasteiger partial charge in [0.05, 0.1) is 24.1 Å². The summed E-state index contributed by atoms with van der Waals surface area (Å²) in [5.41, 5.74) is 6.66. The number of hydrogen-bond acceptors (Lipinski definition) is 4. The molecule has 0 saturated carbocycles. The number of anilines is 2. The summed E-state index contributed by atoms with van der Waals surface area (Å²) in [7, 11) is 3.48. The van der Waals surface area contributed by atoms with Crippen LogP contribution in [0.5, 0.6) is 5.75 Å². The molecule has 0 saturated heterocycles. The van der Waals surface area contributed by atoms with Crippen molar-refractivity contribution in [1.82, 2.24) is 0 Å². The van der Waals surface area contributed by atoms with Crippen LogP contribution in [-0.4, -0.2) is 31.4 Å². The van der Waals surface area contributed by atoms with Crippen molar-refractivity contribution in [3.63, 3.8) is 0 Å². The average Bonchev–Trinajstić information content (AvgIpc) is 2.15. The summed E-state index contributed by atoms with van der Waals surface area (Å²) < 4.78 is 5.15. The van der Waals surface area contributed by atoms with Gasteiger partial charge in [0.1, 0.15) is 5.75 Å². The molecule has 0 aliphatic heterocycles. The van der Waals surface area contributed by atoms with Gasteiger partial charge in [0.25, 0.3) is 0 Å². The average molecular weight is 224 g/mol. The van der Waals surface area contributed by atoms with Crippen LogP contribution >= 0.6 is 0 Å². The highest BCUT2D eigenvalue weighted by Gasteiger charge is 2.18. The number of hydrogen-bond donors (Lipinski definition) is 2. The molecule has 3 N–H and O–H groups in total. The van der Waals surface area contributed by atoms with E-state index in [1.807, 2.05) is 30.1 Å². The van der Waals surface area contributed by atoms with Gasteiger partial charge in [-0.25, -0.2) is 0 Å². The Morgan fingerprint density at radius 1 is 1.44 bits per heavy atom. The second kappa shape index (κ2) is 4.61. The fourth-order valence-electron chi connectivity index (χ4n) is 1.71. The zero-order valence-electron chi connectivity index (χ0n) is 10.3. The Morgan fingerprint density at radius 2 is 2.06 bits per heavy atom. The number of aliphatic hydroxyl groups is 1. The van der Waals surface area contributed by atoms with Crippen LogP contribution in [0.3, 0.4) is 0 Å². The second-order valence-electron chi connectivity index (χ2n) is 4.56. The van der Waals surface area contributed by atoms with Crippen molar-refractivity contribution in [2.75, 3.05) is 31.3 Å². The van der Waals surface area contributed by atoms with Crippen molar-refractivity contribution in [3.05, 3.63) is 18.2 Å². The second-order valence-corrected chi connectivity index (χ2v) is 4.56. The summed E-state index contributed by atoms with van der Waals surface area (Å²) in [5.74, 6) is 0.653. The number of rotatable bonds is 4. The Balaban J connectivity index is 2.95. The van der Waals surface area contributed by atoms with E-state index in [9.17, 15) is 5.11 Å². The molecule has 0 fully saturated rings. The number of likely N-dealkylation sites (N-methyl/N-ethyl adjacent to an activating group) is 1. The zero-order valence-corrected chi connectivity index (χ0v) is 10.3. The Labute approximate surface area is 96.6 Å². The van der Waals surface area contributed by atoms with Gasteiger partial charge in [0, 0.05) is 13.6 Å². The maximum Gasteiger partial charge on any atom is 0.143 e. The Bertz CT molecular complexity index is 359. The number of para-hydroxylation sites is 1. The molecule has 0 aliphatic rings. The van der Waals surface area contributed by atoms with Gasteiger partial charge in [0.2, 0.25) is 0 Å². The van der Waals surface area contributed by atoms with Gasteiger partial charge in [0.15, 0.2) is 0 Å².